The molecule has 0 saturated carbocycles. The molecule has 0 heterocycles. The number of carboxylic acids is 1. The minimum Gasteiger partial charge on any atom is -0.479 e. The molecule has 0 spiro atoms. The number of thioether (sulfide) groups is 1. The summed E-state index contributed by atoms with van der Waals surface area (Å²) < 4.78 is 11.4. The van der Waals surface area contributed by atoms with E-state index in [4.69, 9.17) is 14.9 Å². The van der Waals surface area contributed by atoms with Gasteiger partial charge in [0.15, 0.2) is 5.12 Å². The summed E-state index contributed by atoms with van der Waals surface area (Å²) in [5, 5.41) is 15.4. The molecule has 0 fully saturated rings. The number of nitrogens with zero attached hydrogens (tertiary/aromatic N) is 1. The molecule has 0 aliphatic rings. The molecule has 1 unspecified atom stereocenters. The van der Waals surface area contributed by atoms with Crippen LogP contribution in [0.5, 0.6) is 0 Å². The standard InChI is InChI=1S/C10H20NO7PS/c1-8(12)20-7-6-11(2,3)5-4-10(15,9(13)14)19(16,17)18/h15H,4-7H2,1-3H3,(H2-,13,14,16,17,18)/p+1. The molecule has 0 radical (unpaired) electrons. The number of rotatable bonds is 8. The van der Waals surface area contributed by atoms with Gasteiger partial charge in [0.05, 0.1) is 32.9 Å². The normalized spacial score (nSPS) is 15.7. The first kappa shape index (κ1) is 19.6. The van der Waals surface area contributed by atoms with Crippen molar-refractivity contribution < 1.29 is 38.6 Å². The van der Waals surface area contributed by atoms with Gasteiger partial charge in [-0.05, 0) is 0 Å². The molecular weight excluding hydrogens is 309 g/mol. The van der Waals surface area contributed by atoms with E-state index in [0.29, 0.717) is 12.3 Å². The highest BCUT2D eigenvalue weighted by molar-refractivity contribution is 8.13. The average Bonchev–Trinajstić information content (AvgIpc) is 2.23. The van der Waals surface area contributed by atoms with Gasteiger partial charge in [-0.15, -0.1) is 0 Å². The average molecular weight is 330 g/mol. The lowest BCUT2D eigenvalue weighted by atomic mass is 10.2. The summed E-state index contributed by atoms with van der Waals surface area (Å²) in [7, 11) is -1.74. The second-order valence-corrected chi connectivity index (χ2v) is 8.24. The quantitative estimate of drug-likeness (QED) is 0.352. The van der Waals surface area contributed by atoms with Gasteiger partial charge in [0.1, 0.15) is 0 Å². The van der Waals surface area contributed by atoms with E-state index in [0.717, 1.165) is 11.8 Å². The van der Waals surface area contributed by atoms with Crippen molar-refractivity contribution in [2.75, 3.05) is 32.9 Å². The van der Waals surface area contributed by atoms with E-state index in [1.165, 1.54) is 6.92 Å². The van der Waals surface area contributed by atoms with E-state index in [1.807, 2.05) is 0 Å². The summed E-state index contributed by atoms with van der Waals surface area (Å²) in [6, 6.07) is 0. The summed E-state index contributed by atoms with van der Waals surface area (Å²) >= 11 is 1.12. The zero-order valence-corrected chi connectivity index (χ0v) is 13.4. The number of hydrogen-bond acceptors (Lipinski definition) is 5. The first-order valence-corrected chi connectivity index (χ1v) is 8.38. The molecule has 10 heteroatoms. The maximum Gasteiger partial charge on any atom is 0.368 e. The first-order valence-electron chi connectivity index (χ1n) is 5.78. The van der Waals surface area contributed by atoms with Crippen LogP contribution >= 0.6 is 19.4 Å². The van der Waals surface area contributed by atoms with E-state index in [-0.39, 0.29) is 16.1 Å². The van der Waals surface area contributed by atoms with Crippen molar-refractivity contribution in [2.45, 2.75) is 18.7 Å². The Balaban J connectivity index is 4.67. The van der Waals surface area contributed by atoms with Gasteiger partial charge in [-0.25, -0.2) is 4.79 Å². The van der Waals surface area contributed by atoms with Crippen molar-refractivity contribution in [3.8, 4) is 0 Å². The van der Waals surface area contributed by atoms with Gasteiger partial charge in [-0.1, -0.05) is 11.8 Å². The molecule has 0 aliphatic heterocycles. The van der Waals surface area contributed by atoms with Crippen LogP contribution in [0, 0.1) is 0 Å². The summed E-state index contributed by atoms with van der Waals surface area (Å²) in [6.45, 7) is 1.98. The number of carbonyl (C=O) groups excluding carboxylic acids is 1. The fourth-order valence-corrected chi connectivity index (χ4v) is 2.90. The summed E-state index contributed by atoms with van der Waals surface area (Å²) in [4.78, 5) is 39.6. The van der Waals surface area contributed by atoms with Crippen molar-refractivity contribution in [2.24, 2.45) is 0 Å². The Bertz CT molecular complexity index is 422. The molecule has 0 saturated heterocycles. The zero-order valence-electron chi connectivity index (χ0n) is 11.6. The Morgan fingerprint density at radius 2 is 1.75 bits per heavy atom. The summed E-state index contributed by atoms with van der Waals surface area (Å²) in [5.41, 5.74) is 0. The minimum atomic E-state index is -5.18. The second kappa shape index (κ2) is 7.02. The highest BCUT2D eigenvalue weighted by atomic mass is 32.2. The SMILES string of the molecule is CC(=O)SCC[N+](C)(C)CCC(O)(C(=O)O)P(=O)(O)O. The number of aliphatic carboxylic acids is 1. The number of carboxylic acid groups (broad SMARTS) is 1. The highest BCUT2D eigenvalue weighted by Gasteiger charge is 2.53. The van der Waals surface area contributed by atoms with Crippen LogP contribution in [-0.2, 0) is 14.2 Å². The van der Waals surface area contributed by atoms with E-state index in [9.17, 15) is 19.3 Å². The van der Waals surface area contributed by atoms with Crippen LogP contribution in [0.4, 0.5) is 0 Å². The summed E-state index contributed by atoms with van der Waals surface area (Å²) in [6.07, 6.45) is -0.579. The molecule has 0 rings (SSSR count). The maximum absolute atomic E-state index is 11.1. The molecule has 0 aromatic heterocycles. The Morgan fingerprint density at radius 3 is 2.10 bits per heavy atom. The van der Waals surface area contributed by atoms with E-state index in [2.05, 4.69) is 0 Å². The third-order valence-electron chi connectivity index (χ3n) is 2.89. The van der Waals surface area contributed by atoms with E-state index in [1.54, 1.807) is 14.1 Å². The van der Waals surface area contributed by atoms with Crippen LogP contribution in [0.25, 0.3) is 0 Å². The van der Waals surface area contributed by atoms with Crippen molar-refractivity contribution >= 4 is 30.4 Å². The topological polar surface area (TPSA) is 132 Å². The Hall–Kier alpha value is -0.440. The lowest BCUT2D eigenvalue weighted by molar-refractivity contribution is -0.888. The van der Waals surface area contributed by atoms with Gasteiger partial charge in [-0.2, -0.15) is 0 Å². The molecule has 20 heavy (non-hydrogen) atoms. The molecule has 0 aliphatic carbocycles. The Morgan fingerprint density at radius 1 is 1.25 bits per heavy atom. The van der Waals surface area contributed by atoms with Crippen molar-refractivity contribution in [1.82, 2.24) is 0 Å². The van der Waals surface area contributed by atoms with Crippen LogP contribution in [-0.4, -0.2) is 73.8 Å². The molecule has 0 bridgehead atoms. The largest absolute Gasteiger partial charge is 0.479 e. The third-order valence-corrected chi connectivity index (χ3v) is 5.06. The van der Waals surface area contributed by atoms with Gasteiger partial charge in [-0.3, -0.25) is 9.36 Å². The molecule has 0 aromatic rings. The molecule has 8 nitrogen and oxygen atoms in total. The number of hydrogen-bond donors (Lipinski definition) is 4. The van der Waals surface area contributed by atoms with Crippen LogP contribution in [0.15, 0.2) is 0 Å². The predicted octanol–water partition coefficient (Wildman–Crippen LogP) is -0.317. The minimum absolute atomic E-state index is 0.0396. The fraction of sp³-hybridized carbons (Fsp3) is 0.800. The Kier molecular flexibility index (Phi) is 6.86. The van der Waals surface area contributed by atoms with E-state index < -0.39 is 25.3 Å². The Labute approximate surface area is 121 Å². The third kappa shape index (κ3) is 5.90. The van der Waals surface area contributed by atoms with Crippen molar-refractivity contribution in [3.05, 3.63) is 0 Å². The van der Waals surface area contributed by atoms with Crippen LogP contribution in [0.3, 0.4) is 0 Å². The highest BCUT2D eigenvalue weighted by Crippen LogP contribution is 2.51. The summed E-state index contributed by atoms with van der Waals surface area (Å²) in [5.74, 6) is -1.44. The number of aliphatic hydroxyl groups is 1. The van der Waals surface area contributed by atoms with Crippen molar-refractivity contribution in [1.29, 1.82) is 0 Å². The second-order valence-electron chi connectivity index (χ2n) is 5.14. The lowest BCUT2D eigenvalue weighted by Crippen LogP contribution is -2.48. The molecule has 118 valence electrons. The van der Waals surface area contributed by atoms with Crippen LogP contribution in [0.2, 0.25) is 0 Å². The first-order chi connectivity index (χ1) is 8.82. The van der Waals surface area contributed by atoms with E-state index >= 15 is 0 Å². The van der Waals surface area contributed by atoms with Crippen LogP contribution in [0.1, 0.15) is 13.3 Å². The maximum atomic E-state index is 11.1. The smallest absolute Gasteiger partial charge is 0.368 e. The van der Waals surface area contributed by atoms with Gasteiger partial charge in [0.25, 0.3) is 5.34 Å². The molecule has 1 atom stereocenters. The van der Waals surface area contributed by atoms with Gasteiger partial charge in [0, 0.05) is 13.3 Å². The van der Waals surface area contributed by atoms with Gasteiger partial charge < -0.3 is 24.5 Å². The predicted molar refractivity (Wildman–Crippen MR) is 74.2 cm³/mol. The number of carbonyl (C=O) groups is 2. The van der Waals surface area contributed by atoms with Crippen LogP contribution < -0.4 is 0 Å². The fourth-order valence-electron chi connectivity index (χ4n) is 1.38. The molecular formula is C10H21NO7PS+. The van der Waals surface area contributed by atoms with Gasteiger partial charge >= 0.3 is 13.6 Å². The monoisotopic (exact) mass is 330 g/mol. The number of quaternary nitrogens is 1. The zero-order chi connectivity index (χ0) is 16.2. The van der Waals surface area contributed by atoms with Crippen molar-refractivity contribution in [3.63, 3.8) is 0 Å². The van der Waals surface area contributed by atoms with Gasteiger partial charge in [0.2, 0.25) is 0 Å². The lowest BCUT2D eigenvalue weighted by Gasteiger charge is -2.33. The molecule has 4 N–H and O–H groups in total. The molecule has 0 aromatic carbocycles. The molecule has 0 amide bonds.